The Morgan fingerprint density at radius 3 is 2.51 bits per heavy atom. The molecule has 1 unspecified atom stereocenters. The average Bonchev–Trinajstić information content (AvgIpc) is 3.22. The van der Waals surface area contributed by atoms with Gasteiger partial charge in [-0.2, -0.15) is 5.10 Å². The maximum absolute atomic E-state index is 11.3. The summed E-state index contributed by atoms with van der Waals surface area (Å²) in [4.78, 5) is 21.2. The Hall–Kier alpha value is -3.11. The van der Waals surface area contributed by atoms with Crippen LogP contribution in [0.15, 0.2) is 48.5 Å². The standard InChI is InChI=1S/C27H33ClN6O3/c1-19-4-2-3-5-24(19)32-14-12-31(13-15-32)16-22(35)17-34-25-10-11-33(37-27(29)36)18-23(25)26(30-34)20-6-8-21(28)9-7-20/h2-9,22,35H,10-18H2,1H3,(H2,29,36). The van der Waals surface area contributed by atoms with Crippen molar-refractivity contribution in [2.75, 3.05) is 44.2 Å². The van der Waals surface area contributed by atoms with Crippen molar-refractivity contribution in [3.8, 4) is 11.3 Å². The molecule has 3 aromatic rings. The van der Waals surface area contributed by atoms with Crippen molar-refractivity contribution in [3.05, 3.63) is 70.4 Å². The molecule has 2 aliphatic heterocycles. The number of benzene rings is 2. The fourth-order valence-corrected chi connectivity index (χ4v) is 5.43. The third kappa shape index (κ3) is 5.91. The quantitative estimate of drug-likeness (QED) is 0.490. The van der Waals surface area contributed by atoms with Crippen molar-refractivity contribution < 1.29 is 14.7 Å². The van der Waals surface area contributed by atoms with Crippen LogP contribution in [0.1, 0.15) is 16.8 Å². The summed E-state index contributed by atoms with van der Waals surface area (Å²) < 4.78 is 1.91. The van der Waals surface area contributed by atoms with Gasteiger partial charge in [0.15, 0.2) is 0 Å². The molecule has 2 aromatic carbocycles. The molecular weight excluding hydrogens is 492 g/mol. The lowest BCUT2D eigenvalue weighted by atomic mass is 10.0. The van der Waals surface area contributed by atoms with Crippen LogP contribution in [-0.4, -0.2) is 76.3 Å². The lowest BCUT2D eigenvalue weighted by Crippen LogP contribution is -2.49. The van der Waals surface area contributed by atoms with E-state index >= 15 is 0 Å². The molecule has 1 saturated heterocycles. The van der Waals surface area contributed by atoms with E-state index < -0.39 is 12.2 Å². The first kappa shape index (κ1) is 25.5. The number of β-amino-alcohol motifs (C(OH)–C–C–N with tert-alkyl or cyclic N) is 1. The number of hydrogen-bond donors (Lipinski definition) is 2. The summed E-state index contributed by atoms with van der Waals surface area (Å²) in [6, 6.07) is 16.0. The van der Waals surface area contributed by atoms with Gasteiger partial charge in [0.05, 0.1) is 24.9 Å². The molecule has 9 nitrogen and oxygen atoms in total. The highest BCUT2D eigenvalue weighted by atomic mass is 35.5. The van der Waals surface area contributed by atoms with Gasteiger partial charge in [0.1, 0.15) is 0 Å². The molecule has 196 valence electrons. The number of rotatable bonds is 7. The molecule has 3 heterocycles. The van der Waals surface area contributed by atoms with Gasteiger partial charge in [0, 0.05) is 73.2 Å². The summed E-state index contributed by atoms with van der Waals surface area (Å²) >= 11 is 6.10. The first-order chi connectivity index (χ1) is 17.9. The van der Waals surface area contributed by atoms with Crippen LogP contribution in [0.4, 0.5) is 10.5 Å². The zero-order chi connectivity index (χ0) is 25.9. The molecule has 0 bridgehead atoms. The molecular formula is C27H33ClN6O3. The number of aliphatic hydroxyl groups excluding tert-OH is 1. The minimum atomic E-state index is -0.832. The van der Waals surface area contributed by atoms with Gasteiger partial charge >= 0.3 is 6.09 Å². The van der Waals surface area contributed by atoms with Crippen LogP contribution < -0.4 is 10.6 Å². The minimum Gasteiger partial charge on any atom is -0.390 e. The van der Waals surface area contributed by atoms with Crippen molar-refractivity contribution in [2.45, 2.75) is 32.5 Å². The van der Waals surface area contributed by atoms with Crippen molar-refractivity contribution >= 4 is 23.4 Å². The SMILES string of the molecule is Cc1ccccc1N1CCN(CC(O)Cn2nc(-c3ccc(Cl)cc3)c3c2CCN(OC(N)=O)C3)CC1. The van der Waals surface area contributed by atoms with Crippen LogP contribution in [0, 0.1) is 6.92 Å². The molecule has 1 aromatic heterocycles. The third-order valence-electron chi connectivity index (χ3n) is 7.12. The number of carbonyl (C=O) groups is 1. The van der Waals surface area contributed by atoms with Crippen LogP contribution in [0.3, 0.4) is 0 Å². The lowest BCUT2D eigenvalue weighted by molar-refractivity contribution is -0.107. The number of nitrogens with zero attached hydrogens (tertiary/aromatic N) is 5. The highest BCUT2D eigenvalue weighted by molar-refractivity contribution is 6.30. The lowest BCUT2D eigenvalue weighted by Gasteiger charge is -2.37. The summed E-state index contributed by atoms with van der Waals surface area (Å²) in [5.74, 6) is 0. The summed E-state index contributed by atoms with van der Waals surface area (Å²) in [6.45, 7) is 7.69. The third-order valence-corrected chi connectivity index (χ3v) is 7.37. The van der Waals surface area contributed by atoms with Crippen LogP contribution in [-0.2, 0) is 24.3 Å². The Kier molecular flexibility index (Phi) is 7.66. The Labute approximate surface area is 221 Å². The number of aliphatic hydroxyl groups is 1. The fourth-order valence-electron chi connectivity index (χ4n) is 5.31. The number of aryl methyl sites for hydroxylation is 1. The number of piperazine rings is 1. The van der Waals surface area contributed by atoms with Crippen LogP contribution in [0.2, 0.25) is 5.02 Å². The Morgan fingerprint density at radius 2 is 1.81 bits per heavy atom. The van der Waals surface area contributed by atoms with E-state index in [0.717, 1.165) is 48.7 Å². The number of hydrogen-bond acceptors (Lipinski definition) is 7. The van der Waals surface area contributed by atoms with Gasteiger partial charge in [-0.1, -0.05) is 41.9 Å². The van der Waals surface area contributed by atoms with Crippen LogP contribution >= 0.6 is 11.6 Å². The van der Waals surface area contributed by atoms with E-state index in [1.807, 2.05) is 28.9 Å². The Balaban J connectivity index is 1.27. The number of aromatic nitrogens is 2. The van der Waals surface area contributed by atoms with Gasteiger partial charge in [-0.05, 0) is 30.7 Å². The molecule has 10 heteroatoms. The number of primary amides is 1. The number of carbonyl (C=O) groups excluding carboxylic acids is 1. The molecule has 3 N–H and O–H groups in total. The number of para-hydroxylation sites is 1. The smallest absolute Gasteiger partial charge is 0.390 e. The van der Waals surface area contributed by atoms with E-state index in [-0.39, 0.29) is 0 Å². The van der Waals surface area contributed by atoms with Crippen molar-refractivity contribution in [1.29, 1.82) is 0 Å². The van der Waals surface area contributed by atoms with Gasteiger partial charge < -0.3 is 20.6 Å². The molecule has 37 heavy (non-hydrogen) atoms. The second-order valence-corrected chi connectivity index (χ2v) is 10.2. The monoisotopic (exact) mass is 524 g/mol. The molecule has 0 aliphatic carbocycles. The summed E-state index contributed by atoms with van der Waals surface area (Å²) in [5, 5.41) is 18.1. The highest BCUT2D eigenvalue weighted by Crippen LogP contribution is 2.31. The number of fused-ring (bicyclic) bond motifs is 1. The zero-order valence-electron chi connectivity index (χ0n) is 21.0. The van der Waals surface area contributed by atoms with E-state index in [1.54, 1.807) is 5.06 Å². The molecule has 0 radical (unpaired) electrons. The molecule has 1 atom stereocenters. The topological polar surface area (TPSA) is 100 Å². The van der Waals surface area contributed by atoms with E-state index in [1.165, 1.54) is 11.3 Å². The summed E-state index contributed by atoms with van der Waals surface area (Å²) in [7, 11) is 0. The van der Waals surface area contributed by atoms with Crippen molar-refractivity contribution in [1.82, 2.24) is 19.7 Å². The van der Waals surface area contributed by atoms with Gasteiger partial charge in [-0.25, -0.2) is 4.79 Å². The maximum atomic E-state index is 11.3. The normalized spacial score (nSPS) is 17.4. The van der Waals surface area contributed by atoms with Crippen LogP contribution in [0.5, 0.6) is 0 Å². The molecule has 1 amide bonds. The molecule has 0 saturated carbocycles. The van der Waals surface area contributed by atoms with Crippen LogP contribution in [0.25, 0.3) is 11.3 Å². The predicted octanol–water partition coefficient (Wildman–Crippen LogP) is 3.06. The fraction of sp³-hybridized carbons (Fsp3) is 0.407. The number of amides is 1. The zero-order valence-corrected chi connectivity index (χ0v) is 21.8. The van der Waals surface area contributed by atoms with E-state index in [9.17, 15) is 9.90 Å². The van der Waals surface area contributed by atoms with E-state index in [0.29, 0.717) is 37.6 Å². The average molecular weight is 525 g/mol. The first-order valence-electron chi connectivity index (χ1n) is 12.6. The highest BCUT2D eigenvalue weighted by Gasteiger charge is 2.29. The van der Waals surface area contributed by atoms with Crippen molar-refractivity contribution in [3.63, 3.8) is 0 Å². The molecule has 1 fully saturated rings. The second kappa shape index (κ2) is 11.1. The second-order valence-electron chi connectivity index (χ2n) is 9.71. The summed E-state index contributed by atoms with van der Waals surface area (Å²) in [6.07, 6.45) is -0.765. The predicted molar refractivity (Wildman–Crippen MR) is 143 cm³/mol. The number of hydroxylamine groups is 2. The van der Waals surface area contributed by atoms with E-state index in [2.05, 4.69) is 41.0 Å². The van der Waals surface area contributed by atoms with Gasteiger partial charge in [0.2, 0.25) is 0 Å². The molecule has 0 spiro atoms. The number of nitrogens with two attached hydrogens (primary N) is 1. The minimum absolute atomic E-state index is 0.382. The first-order valence-corrected chi connectivity index (χ1v) is 13.0. The summed E-state index contributed by atoms with van der Waals surface area (Å²) in [5.41, 5.74) is 11.5. The Morgan fingerprint density at radius 1 is 1.08 bits per heavy atom. The van der Waals surface area contributed by atoms with Gasteiger partial charge in [-0.15, -0.1) is 5.06 Å². The van der Waals surface area contributed by atoms with E-state index in [4.69, 9.17) is 27.3 Å². The maximum Gasteiger partial charge on any atom is 0.423 e. The number of anilines is 1. The molecule has 5 rings (SSSR count). The van der Waals surface area contributed by atoms with Gasteiger partial charge in [-0.3, -0.25) is 9.58 Å². The molecule has 2 aliphatic rings. The Bertz CT molecular complexity index is 1240. The largest absolute Gasteiger partial charge is 0.423 e. The number of halogens is 1. The van der Waals surface area contributed by atoms with Crippen molar-refractivity contribution in [2.24, 2.45) is 5.73 Å². The van der Waals surface area contributed by atoms with Gasteiger partial charge in [0.25, 0.3) is 0 Å².